The molecule has 0 aliphatic rings. The Labute approximate surface area is 87.8 Å². The summed E-state index contributed by atoms with van der Waals surface area (Å²) in [6, 6.07) is 5.50. The average Bonchev–Trinajstić information content (AvgIpc) is 2.12. The highest BCUT2D eigenvalue weighted by Gasteiger charge is 2.00. The minimum atomic E-state index is 0.490. The van der Waals surface area contributed by atoms with Crippen molar-refractivity contribution >= 4 is 27.3 Å². The van der Waals surface area contributed by atoms with E-state index in [1.165, 1.54) is 0 Å². The average molecular weight is 243 g/mol. The second-order valence-electron chi connectivity index (χ2n) is 2.36. The molecule has 3 heteroatoms. The molecule has 1 aromatic carbocycles. The molecule has 0 unspecified atom stereocenters. The monoisotopic (exact) mass is 242 g/mol. The van der Waals surface area contributed by atoms with Gasteiger partial charge in [-0.2, -0.15) is 0 Å². The largest absolute Gasteiger partial charge is 0.398 e. The van der Waals surface area contributed by atoms with Gasteiger partial charge in [-0.25, -0.2) is 0 Å². The third-order valence-corrected chi connectivity index (χ3v) is 1.91. The predicted molar refractivity (Wildman–Crippen MR) is 62.4 cm³/mol. The summed E-state index contributed by atoms with van der Waals surface area (Å²) >= 11 is 3.31. The van der Waals surface area contributed by atoms with E-state index in [2.05, 4.69) is 15.9 Å². The zero-order chi connectivity index (χ0) is 10.4. The Morgan fingerprint density at radius 3 is 2.31 bits per heavy atom. The molecule has 0 atom stereocenters. The van der Waals surface area contributed by atoms with Crippen molar-refractivity contribution in [1.82, 2.24) is 0 Å². The van der Waals surface area contributed by atoms with Crippen molar-refractivity contribution in [3.8, 4) is 0 Å². The first kappa shape index (κ1) is 12.2. The molecule has 0 amide bonds. The van der Waals surface area contributed by atoms with Crippen molar-refractivity contribution in [3.05, 3.63) is 28.2 Å². The molecular weight excluding hydrogens is 228 g/mol. The van der Waals surface area contributed by atoms with Crippen molar-refractivity contribution in [1.29, 1.82) is 5.41 Å². The summed E-state index contributed by atoms with van der Waals surface area (Å²) in [5.41, 5.74) is 7.56. The molecule has 0 bridgehead atoms. The SMILES string of the molecule is CC.CC(=N)c1cc(Br)ccc1N. The Balaban J connectivity index is 0.000000671. The fraction of sp³-hybridized carbons (Fsp3) is 0.300. The van der Waals surface area contributed by atoms with Crippen LogP contribution in [0.25, 0.3) is 0 Å². The summed E-state index contributed by atoms with van der Waals surface area (Å²) in [4.78, 5) is 0. The second-order valence-corrected chi connectivity index (χ2v) is 3.27. The van der Waals surface area contributed by atoms with E-state index < -0.39 is 0 Å². The third kappa shape index (κ3) is 3.59. The Morgan fingerprint density at radius 1 is 1.38 bits per heavy atom. The third-order valence-electron chi connectivity index (χ3n) is 1.42. The number of halogens is 1. The van der Waals surface area contributed by atoms with Gasteiger partial charge < -0.3 is 11.1 Å². The molecule has 2 nitrogen and oxygen atoms in total. The van der Waals surface area contributed by atoms with Crippen LogP contribution in [-0.4, -0.2) is 5.71 Å². The molecule has 3 N–H and O–H groups in total. The van der Waals surface area contributed by atoms with Gasteiger partial charge in [0.25, 0.3) is 0 Å². The number of nitrogen functional groups attached to an aromatic ring is 1. The van der Waals surface area contributed by atoms with Gasteiger partial charge in [0, 0.05) is 21.4 Å². The van der Waals surface area contributed by atoms with E-state index in [0.29, 0.717) is 11.4 Å². The van der Waals surface area contributed by atoms with Crippen LogP contribution in [0.4, 0.5) is 5.69 Å². The zero-order valence-corrected chi connectivity index (χ0v) is 9.77. The standard InChI is InChI=1S/C8H9BrN2.C2H6/c1-5(10)7-4-6(9)2-3-8(7)11;1-2/h2-4,10H,11H2,1H3;1-2H3. The number of anilines is 1. The molecule has 0 fully saturated rings. The number of rotatable bonds is 1. The Hall–Kier alpha value is -0.830. The van der Waals surface area contributed by atoms with Crippen LogP contribution in [0, 0.1) is 5.41 Å². The molecule has 13 heavy (non-hydrogen) atoms. The van der Waals surface area contributed by atoms with Crippen molar-refractivity contribution in [2.24, 2.45) is 0 Å². The maximum Gasteiger partial charge on any atom is 0.0406 e. The topological polar surface area (TPSA) is 49.9 Å². The van der Waals surface area contributed by atoms with Gasteiger partial charge >= 0.3 is 0 Å². The molecule has 1 rings (SSSR count). The predicted octanol–water partition coefficient (Wildman–Crippen LogP) is 3.45. The number of nitrogens with two attached hydrogens (primary N) is 1. The summed E-state index contributed by atoms with van der Waals surface area (Å²) in [6.45, 7) is 5.72. The van der Waals surface area contributed by atoms with Crippen LogP contribution in [0.5, 0.6) is 0 Å². The van der Waals surface area contributed by atoms with E-state index in [1.807, 2.05) is 26.0 Å². The number of nitrogens with one attached hydrogen (secondary N) is 1. The molecule has 0 radical (unpaired) electrons. The maximum atomic E-state index is 7.37. The minimum Gasteiger partial charge on any atom is -0.398 e. The first-order valence-corrected chi connectivity index (χ1v) is 5.01. The molecule has 0 aromatic heterocycles. The highest BCUT2D eigenvalue weighted by molar-refractivity contribution is 9.10. The molecule has 0 aliphatic carbocycles. The van der Waals surface area contributed by atoms with Gasteiger partial charge in [-0.05, 0) is 25.1 Å². The number of hydrogen-bond acceptors (Lipinski definition) is 2. The maximum absolute atomic E-state index is 7.37. The van der Waals surface area contributed by atoms with Crippen molar-refractivity contribution in [2.75, 3.05) is 5.73 Å². The van der Waals surface area contributed by atoms with Gasteiger partial charge in [0.05, 0.1) is 0 Å². The van der Waals surface area contributed by atoms with Crippen LogP contribution in [0.2, 0.25) is 0 Å². The summed E-state index contributed by atoms with van der Waals surface area (Å²) in [6.07, 6.45) is 0. The molecule has 1 aromatic rings. The molecule has 0 spiro atoms. The lowest BCUT2D eigenvalue weighted by Gasteiger charge is -2.02. The van der Waals surface area contributed by atoms with E-state index >= 15 is 0 Å². The number of hydrogen-bond donors (Lipinski definition) is 2. The van der Waals surface area contributed by atoms with E-state index in [-0.39, 0.29) is 0 Å². The normalized spacial score (nSPS) is 8.62. The molecule has 72 valence electrons. The highest BCUT2D eigenvalue weighted by Crippen LogP contribution is 2.18. The lowest BCUT2D eigenvalue weighted by atomic mass is 10.1. The summed E-state index contributed by atoms with van der Waals surface area (Å²) < 4.78 is 0.952. The molecule has 0 saturated heterocycles. The van der Waals surface area contributed by atoms with E-state index in [1.54, 1.807) is 13.0 Å². The van der Waals surface area contributed by atoms with E-state index in [4.69, 9.17) is 11.1 Å². The van der Waals surface area contributed by atoms with Gasteiger partial charge in [0.2, 0.25) is 0 Å². The molecule has 0 saturated carbocycles. The van der Waals surface area contributed by atoms with Crippen molar-refractivity contribution < 1.29 is 0 Å². The summed E-state index contributed by atoms with van der Waals surface area (Å²) in [5.74, 6) is 0. The van der Waals surface area contributed by atoms with Crippen molar-refractivity contribution in [3.63, 3.8) is 0 Å². The fourth-order valence-corrected chi connectivity index (χ4v) is 1.21. The Kier molecular flexibility index (Phi) is 5.39. The molecule has 0 aliphatic heterocycles. The van der Waals surface area contributed by atoms with Crippen LogP contribution in [0.3, 0.4) is 0 Å². The van der Waals surface area contributed by atoms with Crippen LogP contribution in [0.15, 0.2) is 22.7 Å². The zero-order valence-electron chi connectivity index (χ0n) is 8.19. The van der Waals surface area contributed by atoms with Gasteiger partial charge in [-0.3, -0.25) is 0 Å². The first-order valence-electron chi connectivity index (χ1n) is 4.22. The lowest BCUT2D eigenvalue weighted by Crippen LogP contribution is -1.98. The highest BCUT2D eigenvalue weighted by atomic mass is 79.9. The van der Waals surface area contributed by atoms with Gasteiger partial charge in [-0.1, -0.05) is 29.8 Å². The van der Waals surface area contributed by atoms with Gasteiger partial charge in [0.15, 0.2) is 0 Å². The summed E-state index contributed by atoms with van der Waals surface area (Å²) in [7, 11) is 0. The second kappa shape index (κ2) is 5.75. The van der Waals surface area contributed by atoms with Gasteiger partial charge in [0.1, 0.15) is 0 Å². The smallest absolute Gasteiger partial charge is 0.0406 e. The molecule has 0 heterocycles. The number of benzene rings is 1. The Bertz CT molecular complexity index is 295. The van der Waals surface area contributed by atoms with E-state index in [9.17, 15) is 0 Å². The lowest BCUT2D eigenvalue weighted by molar-refractivity contribution is 1.45. The van der Waals surface area contributed by atoms with Gasteiger partial charge in [-0.15, -0.1) is 0 Å². The Morgan fingerprint density at radius 2 is 1.92 bits per heavy atom. The quantitative estimate of drug-likeness (QED) is 0.576. The van der Waals surface area contributed by atoms with Crippen LogP contribution in [0.1, 0.15) is 26.3 Å². The summed E-state index contributed by atoms with van der Waals surface area (Å²) in [5, 5.41) is 7.37. The minimum absolute atomic E-state index is 0.490. The van der Waals surface area contributed by atoms with Crippen LogP contribution < -0.4 is 5.73 Å². The molecular formula is C10H15BrN2. The van der Waals surface area contributed by atoms with Crippen LogP contribution >= 0.6 is 15.9 Å². The van der Waals surface area contributed by atoms with Crippen molar-refractivity contribution in [2.45, 2.75) is 20.8 Å². The first-order chi connectivity index (χ1) is 6.11. The van der Waals surface area contributed by atoms with E-state index in [0.717, 1.165) is 10.0 Å². The van der Waals surface area contributed by atoms with Crippen LogP contribution in [-0.2, 0) is 0 Å². The fourth-order valence-electron chi connectivity index (χ4n) is 0.853.